The fraction of sp³-hybridized carbons (Fsp3) is 0.440. The minimum absolute atomic E-state index is 0.466. The molecule has 0 saturated carbocycles. The number of aliphatic hydroxyl groups excluding tert-OH is 1. The summed E-state index contributed by atoms with van der Waals surface area (Å²) in [5, 5.41) is 14.0. The maximum Gasteiger partial charge on any atom is 0.491 e. The number of anilines is 1. The van der Waals surface area contributed by atoms with Crippen LogP contribution in [0.4, 0.5) is 18.9 Å². The zero-order valence-corrected chi connectivity index (χ0v) is 19.8. The van der Waals surface area contributed by atoms with Crippen molar-refractivity contribution in [2.45, 2.75) is 31.7 Å². The van der Waals surface area contributed by atoms with Crippen molar-refractivity contribution < 1.29 is 37.3 Å². The van der Waals surface area contributed by atoms with Gasteiger partial charge in [0.15, 0.2) is 11.5 Å². The van der Waals surface area contributed by atoms with E-state index in [0.717, 1.165) is 26.1 Å². The maximum absolute atomic E-state index is 12.5. The van der Waals surface area contributed by atoms with Gasteiger partial charge in [-0.15, -0.1) is 0 Å². The number of carbonyl (C=O) groups is 1. The summed E-state index contributed by atoms with van der Waals surface area (Å²) < 4.78 is 53.0. The van der Waals surface area contributed by atoms with E-state index in [0.29, 0.717) is 45.6 Å². The minimum atomic E-state index is -5.20. The van der Waals surface area contributed by atoms with Crippen LogP contribution in [-0.2, 0) is 9.53 Å². The molecule has 8 nitrogen and oxygen atoms in total. The first-order valence-electron chi connectivity index (χ1n) is 11.7. The average Bonchev–Trinajstić information content (AvgIpc) is 3.37. The van der Waals surface area contributed by atoms with Gasteiger partial charge in [-0.25, -0.2) is 9.78 Å². The quantitative estimate of drug-likeness (QED) is 0.183. The minimum Gasteiger partial charge on any atom is -0.493 e. The molecule has 11 heteroatoms. The fourth-order valence-corrected chi connectivity index (χ4v) is 4.26. The number of esters is 1. The van der Waals surface area contributed by atoms with Gasteiger partial charge in [0.05, 0.1) is 37.0 Å². The Kier molecular flexibility index (Phi) is 8.00. The largest absolute Gasteiger partial charge is 0.493 e. The lowest BCUT2D eigenvalue weighted by Crippen LogP contribution is -2.33. The van der Waals surface area contributed by atoms with Crippen LogP contribution in [-0.4, -0.2) is 73.3 Å². The van der Waals surface area contributed by atoms with Gasteiger partial charge in [0.25, 0.3) is 0 Å². The van der Waals surface area contributed by atoms with E-state index < -0.39 is 25.0 Å². The second-order valence-electron chi connectivity index (χ2n) is 8.51. The number of hydrogen-bond donors (Lipinski definition) is 2. The maximum atomic E-state index is 12.5. The van der Waals surface area contributed by atoms with Gasteiger partial charge in [-0.05, 0) is 44.5 Å². The van der Waals surface area contributed by atoms with Crippen LogP contribution in [0.5, 0.6) is 11.5 Å². The smallest absolute Gasteiger partial charge is 0.491 e. The molecule has 3 aromatic rings. The molecule has 1 fully saturated rings. The molecule has 0 spiro atoms. The Bertz CT molecular complexity index is 1210. The predicted octanol–water partition coefficient (Wildman–Crippen LogP) is 4.10. The van der Waals surface area contributed by atoms with Crippen molar-refractivity contribution in [3.05, 3.63) is 36.4 Å². The van der Waals surface area contributed by atoms with Crippen molar-refractivity contribution in [1.29, 1.82) is 0 Å². The highest BCUT2D eigenvalue weighted by molar-refractivity contribution is 6.08. The van der Waals surface area contributed by atoms with Crippen LogP contribution >= 0.6 is 0 Å². The van der Waals surface area contributed by atoms with Crippen molar-refractivity contribution in [3.8, 4) is 11.5 Å². The Labute approximate surface area is 205 Å². The molecule has 2 N–H and O–H groups in total. The third-order valence-corrected chi connectivity index (χ3v) is 5.97. The first-order chi connectivity index (χ1) is 17.3. The lowest BCUT2D eigenvalue weighted by Gasteiger charge is -2.19. The number of para-hydroxylation sites is 1. The number of nitrogens with zero attached hydrogens (tertiary/aromatic N) is 2. The summed E-state index contributed by atoms with van der Waals surface area (Å²) in [6.07, 6.45) is -3.88. The van der Waals surface area contributed by atoms with Gasteiger partial charge in [-0.2, -0.15) is 13.2 Å². The van der Waals surface area contributed by atoms with E-state index >= 15 is 0 Å². The van der Waals surface area contributed by atoms with E-state index in [-0.39, 0.29) is 0 Å². The first-order valence-corrected chi connectivity index (χ1v) is 11.7. The number of aliphatic hydroxyl groups is 1. The molecule has 1 atom stereocenters. The number of nitrogens with one attached hydrogen (secondary N) is 1. The highest BCUT2D eigenvalue weighted by Crippen LogP contribution is 2.38. The van der Waals surface area contributed by atoms with Gasteiger partial charge in [-0.3, -0.25) is 0 Å². The predicted molar refractivity (Wildman–Crippen MR) is 128 cm³/mol. The Morgan fingerprint density at radius 2 is 1.89 bits per heavy atom. The molecule has 0 aliphatic carbocycles. The Balaban J connectivity index is 1.57. The lowest BCUT2D eigenvalue weighted by atomic mass is 10.1. The zero-order chi connectivity index (χ0) is 25.7. The van der Waals surface area contributed by atoms with Crippen LogP contribution in [0.1, 0.15) is 19.3 Å². The number of alkyl halides is 3. The number of halogens is 3. The average molecular weight is 508 g/mol. The molecular weight excluding hydrogens is 479 g/mol. The van der Waals surface area contributed by atoms with Gasteiger partial charge in [0.1, 0.15) is 0 Å². The number of pyridine rings is 1. The monoisotopic (exact) mass is 507 g/mol. The van der Waals surface area contributed by atoms with E-state index in [1.807, 2.05) is 6.07 Å². The third-order valence-electron chi connectivity index (χ3n) is 5.97. The Morgan fingerprint density at radius 3 is 2.61 bits per heavy atom. The SMILES string of the molecule is COc1cc2c(NCC(O)OC(=O)C(F)(F)F)c3ccccc3nc2cc1OCCCN1CCCC1. The molecule has 36 heavy (non-hydrogen) atoms. The number of fused-ring (bicyclic) bond motifs is 2. The van der Waals surface area contributed by atoms with Gasteiger partial charge in [-0.1, -0.05) is 18.2 Å². The number of carbonyl (C=O) groups excluding carboxylic acids is 1. The second kappa shape index (κ2) is 11.2. The number of rotatable bonds is 10. The molecule has 0 amide bonds. The van der Waals surface area contributed by atoms with Crippen molar-refractivity contribution in [2.24, 2.45) is 0 Å². The summed E-state index contributed by atoms with van der Waals surface area (Å²) in [5.74, 6) is -1.47. The van der Waals surface area contributed by atoms with E-state index in [2.05, 4.69) is 15.0 Å². The standard InChI is InChI=1S/C25H28F3N3O5/c1-34-20-13-17-19(14-21(20)35-12-6-11-31-9-4-5-10-31)30-18-8-3-2-7-16(18)23(17)29-15-22(32)36-24(33)25(26,27)28/h2-3,7-8,13-14,22,32H,4-6,9-12,15H2,1H3,(H,29,30). The summed E-state index contributed by atoms with van der Waals surface area (Å²) in [4.78, 5) is 18.1. The molecule has 1 aromatic heterocycles. The van der Waals surface area contributed by atoms with Gasteiger partial charge in [0, 0.05) is 23.4 Å². The molecular formula is C25H28F3N3O5. The van der Waals surface area contributed by atoms with Crippen LogP contribution < -0.4 is 14.8 Å². The number of likely N-dealkylation sites (tertiary alicyclic amines) is 1. The van der Waals surface area contributed by atoms with Gasteiger partial charge in [0.2, 0.25) is 6.29 Å². The molecule has 0 radical (unpaired) electrons. The number of ether oxygens (including phenoxy) is 3. The molecule has 1 aliphatic heterocycles. The lowest BCUT2D eigenvalue weighted by molar-refractivity contribution is -0.217. The number of methoxy groups -OCH3 is 1. The van der Waals surface area contributed by atoms with E-state index in [1.165, 1.54) is 20.0 Å². The van der Waals surface area contributed by atoms with Crippen LogP contribution in [0.2, 0.25) is 0 Å². The first kappa shape index (κ1) is 25.8. The van der Waals surface area contributed by atoms with Crippen LogP contribution in [0.15, 0.2) is 36.4 Å². The van der Waals surface area contributed by atoms with Gasteiger partial charge >= 0.3 is 12.1 Å². The molecule has 0 bridgehead atoms. The molecule has 2 aromatic carbocycles. The Morgan fingerprint density at radius 1 is 1.14 bits per heavy atom. The number of benzene rings is 2. The molecule has 2 heterocycles. The molecule has 194 valence electrons. The normalized spacial score (nSPS) is 15.2. The second-order valence-corrected chi connectivity index (χ2v) is 8.51. The summed E-state index contributed by atoms with van der Waals surface area (Å²) in [7, 11) is 1.51. The topological polar surface area (TPSA) is 93.1 Å². The van der Waals surface area contributed by atoms with Crippen molar-refractivity contribution in [2.75, 3.05) is 45.2 Å². The summed E-state index contributed by atoms with van der Waals surface area (Å²) in [5.41, 5.74) is 1.68. The van der Waals surface area contributed by atoms with Crippen molar-refractivity contribution in [1.82, 2.24) is 9.88 Å². The van der Waals surface area contributed by atoms with Crippen molar-refractivity contribution >= 4 is 33.5 Å². The van der Waals surface area contributed by atoms with E-state index in [1.54, 1.807) is 30.3 Å². The molecule has 1 unspecified atom stereocenters. The van der Waals surface area contributed by atoms with Crippen molar-refractivity contribution in [3.63, 3.8) is 0 Å². The molecule has 4 rings (SSSR count). The summed E-state index contributed by atoms with van der Waals surface area (Å²) >= 11 is 0. The van der Waals surface area contributed by atoms with Crippen LogP contribution in [0.25, 0.3) is 21.8 Å². The Hall–Kier alpha value is -3.31. The number of aromatic nitrogens is 1. The van der Waals surface area contributed by atoms with Gasteiger partial charge < -0.3 is 29.5 Å². The highest BCUT2D eigenvalue weighted by Gasteiger charge is 2.42. The van der Waals surface area contributed by atoms with E-state index in [9.17, 15) is 23.1 Å². The fourth-order valence-electron chi connectivity index (χ4n) is 4.26. The summed E-state index contributed by atoms with van der Waals surface area (Å²) in [6.45, 7) is 3.25. The third kappa shape index (κ3) is 6.08. The van der Waals surface area contributed by atoms with E-state index in [4.69, 9.17) is 14.5 Å². The molecule has 1 aliphatic rings. The molecule has 1 saturated heterocycles. The zero-order valence-electron chi connectivity index (χ0n) is 19.8. The highest BCUT2D eigenvalue weighted by atomic mass is 19.4. The summed E-state index contributed by atoms with van der Waals surface area (Å²) in [6, 6.07) is 10.7. The van der Waals surface area contributed by atoms with Crippen LogP contribution in [0, 0.1) is 0 Å². The van der Waals surface area contributed by atoms with Crippen LogP contribution in [0.3, 0.4) is 0 Å². The number of hydrogen-bond acceptors (Lipinski definition) is 8.